The maximum absolute atomic E-state index is 13.1. The molecule has 1 aliphatic heterocycles. The van der Waals surface area contributed by atoms with E-state index in [1.807, 2.05) is 0 Å². The zero-order valence-corrected chi connectivity index (χ0v) is 13.4. The van der Waals surface area contributed by atoms with Gasteiger partial charge in [-0.2, -0.15) is 0 Å². The molecule has 0 spiro atoms. The van der Waals surface area contributed by atoms with Crippen LogP contribution in [0.25, 0.3) is 0 Å². The van der Waals surface area contributed by atoms with E-state index in [4.69, 9.17) is 0 Å². The first-order chi connectivity index (χ1) is 9.88. The Morgan fingerprint density at radius 2 is 2.00 bits per heavy atom. The van der Waals surface area contributed by atoms with Gasteiger partial charge in [-0.3, -0.25) is 0 Å². The Kier molecular flexibility index (Phi) is 5.35. The van der Waals surface area contributed by atoms with Gasteiger partial charge in [0.2, 0.25) is 10.0 Å². The van der Waals surface area contributed by atoms with E-state index in [2.05, 4.69) is 23.5 Å². The summed E-state index contributed by atoms with van der Waals surface area (Å²) in [6.45, 7) is 6.78. The molecule has 1 saturated heterocycles. The van der Waals surface area contributed by atoms with Gasteiger partial charge in [0.05, 0.1) is 4.90 Å². The lowest BCUT2D eigenvalue weighted by Gasteiger charge is -2.34. The van der Waals surface area contributed by atoms with E-state index < -0.39 is 15.8 Å². The van der Waals surface area contributed by atoms with Gasteiger partial charge < -0.3 is 4.90 Å². The van der Waals surface area contributed by atoms with Crippen molar-refractivity contribution in [1.29, 1.82) is 0 Å². The Balaban J connectivity index is 1.88. The highest BCUT2D eigenvalue weighted by molar-refractivity contribution is 7.89. The molecule has 1 aromatic carbocycles. The third-order valence-corrected chi connectivity index (χ3v) is 5.47. The Bertz CT molecular complexity index is 567. The van der Waals surface area contributed by atoms with Crippen LogP contribution in [0.2, 0.25) is 0 Å². The summed E-state index contributed by atoms with van der Waals surface area (Å²) in [5.41, 5.74) is 0. The van der Waals surface area contributed by atoms with Crippen LogP contribution in [0.1, 0.15) is 26.7 Å². The third kappa shape index (κ3) is 4.49. The van der Waals surface area contributed by atoms with Gasteiger partial charge in [0, 0.05) is 12.6 Å². The van der Waals surface area contributed by atoms with E-state index in [0.717, 1.165) is 32.0 Å². The first kappa shape index (κ1) is 16.4. The van der Waals surface area contributed by atoms with Gasteiger partial charge >= 0.3 is 0 Å². The predicted octanol–water partition coefficient (Wildman–Crippen LogP) is 2.22. The molecule has 21 heavy (non-hydrogen) atoms. The van der Waals surface area contributed by atoms with Crippen LogP contribution in [0.4, 0.5) is 4.39 Å². The van der Waals surface area contributed by atoms with Crippen LogP contribution in [-0.4, -0.2) is 39.0 Å². The monoisotopic (exact) mass is 314 g/mol. The zero-order valence-electron chi connectivity index (χ0n) is 12.5. The number of benzene rings is 1. The second kappa shape index (κ2) is 6.85. The van der Waals surface area contributed by atoms with Gasteiger partial charge in [0.25, 0.3) is 0 Å². The normalized spacial score (nSPS) is 18.3. The highest BCUT2D eigenvalue weighted by atomic mass is 32.2. The molecule has 1 fully saturated rings. The highest BCUT2D eigenvalue weighted by Gasteiger charge is 2.23. The summed E-state index contributed by atoms with van der Waals surface area (Å²) in [6.07, 6.45) is 1.98. The van der Waals surface area contributed by atoms with Gasteiger partial charge in [-0.15, -0.1) is 0 Å². The fourth-order valence-electron chi connectivity index (χ4n) is 2.62. The van der Waals surface area contributed by atoms with E-state index >= 15 is 0 Å². The lowest BCUT2D eigenvalue weighted by Crippen LogP contribution is -2.41. The first-order valence-corrected chi connectivity index (χ1v) is 8.86. The van der Waals surface area contributed by atoms with Crippen LogP contribution in [0.15, 0.2) is 29.2 Å². The fourth-order valence-corrected chi connectivity index (χ4v) is 3.77. The van der Waals surface area contributed by atoms with Crippen molar-refractivity contribution in [2.75, 3.05) is 19.6 Å². The van der Waals surface area contributed by atoms with Gasteiger partial charge in [0.15, 0.2) is 0 Å². The number of rotatable bonds is 5. The molecule has 0 saturated carbocycles. The summed E-state index contributed by atoms with van der Waals surface area (Å²) in [4.78, 5) is 2.39. The van der Waals surface area contributed by atoms with Gasteiger partial charge in [-0.25, -0.2) is 17.5 Å². The molecule has 6 heteroatoms. The van der Waals surface area contributed by atoms with E-state index in [9.17, 15) is 12.8 Å². The number of nitrogens with one attached hydrogen (secondary N) is 1. The standard InChI is InChI=1S/C15H23FN2O2S/c1-12(2)18-8-6-13(7-9-18)11-17-21(19,20)15-5-3-4-14(16)10-15/h3-5,10,12-13,17H,6-9,11H2,1-2H3. The third-order valence-electron chi connectivity index (χ3n) is 4.05. The summed E-state index contributed by atoms with van der Waals surface area (Å²) in [6, 6.07) is 5.64. The SMILES string of the molecule is CC(C)N1CCC(CNS(=O)(=O)c2cccc(F)c2)CC1. The maximum Gasteiger partial charge on any atom is 0.240 e. The highest BCUT2D eigenvalue weighted by Crippen LogP contribution is 2.19. The largest absolute Gasteiger partial charge is 0.301 e. The lowest BCUT2D eigenvalue weighted by molar-refractivity contribution is 0.151. The molecule has 0 aromatic heterocycles. The molecule has 0 amide bonds. The summed E-state index contributed by atoms with van der Waals surface area (Å²) < 4.78 is 39.9. The number of hydrogen-bond donors (Lipinski definition) is 1. The number of sulfonamides is 1. The molecule has 1 N–H and O–H groups in total. The first-order valence-electron chi connectivity index (χ1n) is 7.38. The molecule has 0 aliphatic carbocycles. The second-order valence-electron chi connectivity index (χ2n) is 5.88. The van der Waals surface area contributed by atoms with Crippen molar-refractivity contribution in [2.24, 2.45) is 5.92 Å². The smallest absolute Gasteiger partial charge is 0.240 e. The van der Waals surface area contributed by atoms with Crippen LogP contribution in [-0.2, 0) is 10.0 Å². The average molecular weight is 314 g/mol. The Hall–Kier alpha value is -0.980. The Morgan fingerprint density at radius 3 is 2.57 bits per heavy atom. The van der Waals surface area contributed by atoms with Crippen LogP contribution < -0.4 is 4.72 Å². The molecule has 0 bridgehead atoms. The van der Waals surface area contributed by atoms with Crippen molar-refractivity contribution in [3.05, 3.63) is 30.1 Å². The number of piperidine rings is 1. The number of nitrogens with zero attached hydrogens (tertiary/aromatic N) is 1. The maximum atomic E-state index is 13.1. The summed E-state index contributed by atoms with van der Waals surface area (Å²) in [5.74, 6) is -0.188. The van der Waals surface area contributed by atoms with E-state index in [1.54, 1.807) is 0 Å². The van der Waals surface area contributed by atoms with Crippen LogP contribution in [0.3, 0.4) is 0 Å². The van der Waals surface area contributed by atoms with E-state index in [0.29, 0.717) is 18.5 Å². The van der Waals surface area contributed by atoms with E-state index in [-0.39, 0.29) is 4.90 Å². The summed E-state index contributed by atoms with van der Waals surface area (Å²) in [7, 11) is -3.62. The molecule has 0 atom stereocenters. The van der Waals surface area contributed by atoms with Gasteiger partial charge in [-0.05, 0) is 63.9 Å². The molecule has 118 valence electrons. The molecular formula is C15H23FN2O2S. The average Bonchev–Trinajstić information content (AvgIpc) is 2.45. The summed E-state index contributed by atoms with van der Waals surface area (Å²) >= 11 is 0. The molecule has 1 heterocycles. The van der Waals surface area contributed by atoms with Crippen molar-refractivity contribution < 1.29 is 12.8 Å². The molecular weight excluding hydrogens is 291 g/mol. The van der Waals surface area contributed by atoms with E-state index in [1.165, 1.54) is 18.2 Å². The topological polar surface area (TPSA) is 49.4 Å². The summed E-state index contributed by atoms with van der Waals surface area (Å²) in [5, 5.41) is 0. The van der Waals surface area contributed by atoms with Crippen molar-refractivity contribution in [3.8, 4) is 0 Å². The Morgan fingerprint density at radius 1 is 1.33 bits per heavy atom. The molecule has 2 rings (SSSR count). The predicted molar refractivity (Wildman–Crippen MR) is 81.0 cm³/mol. The Labute approximate surface area is 126 Å². The second-order valence-corrected chi connectivity index (χ2v) is 7.65. The van der Waals surface area contributed by atoms with Crippen molar-refractivity contribution in [2.45, 2.75) is 37.6 Å². The van der Waals surface area contributed by atoms with Crippen LogP contribution >= 0.6 is 0 Å². The number of halogens is 1. The molecule has 1 aliphatic rings. The van der Waals surface area contributed by atoms with Crippen LogP contribution in [0.5, 0.6) is 0 Å². The molecule has 4 nitrogen and oxygen atoms in total. The number of likely N-dealkylation sites (tertiary alicyclic amines) is 1. The minimum atomic E-state index is -3.62. The fraction of sp³-hybridized carbons (Fsp3) is 0.600. The zero-order chi connectivity index (χ0) is 15.5. The molecule has 0 radical (unpaired) electrons. The van der Waals surface area contributed by atoms with Crippen molar-refractivity contribution >= 4 is 10.0 Å². The minimum absolute atomic E-state index is 0.0119. The van der Waals surface area contributed by atoms with Crippen molar-refractivity contribution in [3.63, 3.8) is 0 Å². The quantitative estimate of drug-likeness (QED) is 0.906. The van der Waals surface area contributed by atoms with Gasteiger partial charge in [-0.1, -0.05) is 6.07 Å². The van der Waals surface area contributed by atoms with Crippen molar-refractivity contribution in [1.82, 2.24) is 9.62 Å². The van der Waals surface area contributed by atoms with Gasteiger partial charge in [0.1, 0.15) is 5.82 Å². The minimum Gasteiger partial charge on any atom is -0.301 e. The number of hydrogen-bond acceptors (Lipinski definition) is 3. The molecule has 0 unspecified atom stereocenters. The molecule has 1 aromatic rings. The van der Waals surface area contributed by atoms with Crippen LogP contribution in [0, 0.1) is 11.7 Å². The lowest BCUT2D eigenvalue weighted by atomic mass is 9.96.